The molecule has 3 aromatic rings. The number of carbonyl (C=O) groups is 2. The number of ether oxygens (including phenoxy) is 2. The highest BCUT2D eigenvalue weighted by molar-refractivity contribution is 7.15. The van der Waals surface area contributed by atoms with Crippen LogP contribution < -0.4 is 15.0 Å². The maximum absolute atomic E-state index is 12.6. The summed E-state index contributed by atoms with van der Waals surface area (Å²) in [7, 11) is 1.56. The number of amides is 2. The van der Waals surface area contributed by atoms with E-state index in [4.69, 9.17) is 9.47 Å². The number of methoxy groups -OCH3 is 1. The number of hydrogen-bond acceptors (Lipinski definition) is 9. The minimum Gasteiger partial charge on any atom is -0.482 e. The molecule has 1 aromatic carbocycles. The molecular weight excluding hydrogens is 438 g/mol. The Balaban J connectivity index is 1.53. The molecule has 4 rings (SSSR count). The predicted octanol–water partition coefficient (Wildman–Crippen LogP) is 3.12. The van der Waals surface area contributed by atoms with Crippen LogP contribution in [0.2, 0.25) is 0 Å². The maximum atomic E-state index is 12.6. The average Bonchev–Trinajstić information content (AvgIpc) is 3.40. The molecule has 0 saturated heterocycles. The number of hydrogen-bond donors (Lipinski definition) is 1. The number of aryl methyl sites for hydroxylation is 1. The fourth-order valence-electron chi connectivity index (χ4n) is 3.10. The summed E-state index contributed by atoms with van der Waals surface area (Å²) in [6.07, 6.45) is 1.96. The highest BCUT2D eigenvalue weighted by atomic mass is 32.1. The lowest BCUT2D eigenvalue weighted by molar-refractivity contribution is -0.123. The van der Waals surface area contributed by atoms with Crippen LogP contribution >= 0.6 is 22.7 Å². The Morgan fingerprint density at radius 3 is 3.00 bits per heavy atom. The molecule has 0 saturated carbocycles. The van der Waals surface area contributed by atoms with E-state index in [9.17, 15) is 9.59 Å². The molecule has 0 spiro atoms. The first kappa shape index (κ1) is 21.3. The smallest absolute Gasteiger partial charge is 0.265 e. The monoisotopic (exact) mass is 459 g/mol. The second kappa shape index (κ2) is 9.50. The zero-order valence-corrected chi connectivity index (χ0v) is 18.7. The third kappa shape index (κ3) is 4.89. The van der Waals surface area contributed by atoms with Gasteiger partial charge in [0.05, 0.1) is 16.4 Å². The lowest BCUT2D eigenvalue weighted by Gasteiger charge is -2.29. The van der Waals surface area contributed by atoms with Crippen LogP contribution in [0, 0.1) is 0 Å². The quantitative estimate of drug-likeness (QED) is 0.551. The Morgan fingerprint density at radius 2 is 2.19 bits per heavy atom. The summed E-state index contributed by atoms with van der Waals surface area (Å²) in [4.78, 5) is 31.2. The minimum atomic E-state index is -0.370. The van der Waals surface area contributed by atoms with Crippen LogP contribution in [0.3, 0.4) is 0 Å². The molecule has 1 aliphatic rings. The van der Waals surface area contributed by atoms with E-state index in [2.05, 4.69) is 27.4 Å². The van der Waals surface area contributed by atoms with Crippen molar-refractivity contribution in [2.45, 2.75) is 26.4 Å². The highest BCUT2D eigenvalue weighted by Gasteiger charge is 2.28. The fraction of sp³-hybridized carbons (Fsp3) is 0.350. The van der Waals surface area contributed by atoms with Gasteiger partial charge in [0.15, 0.2) is 6.61 Å². The Bertz CT molecular complexity index is 1100. The van der Waals surface area contributed by atoms with Crippen LogP contribution in [0.25, 0.3) is 11.3 Å². The zero-order chi connectivity index (χ0) is 21.8. The molecule has 0 radical (unpaired) electrons. The van der Waals surface area contributed by atoms with Gasteiger partial charge in [0.2, 0.25) is 11.0 Å². The summed E-state index contributed by atoms with van der Waals surface area (Å²) in [5, 5.41) is 14.6. The topological polar surface area (TPSA) is 107 Å². The Kier molecular flexibility index (Phi) is 6.54. The van der Waals surface area contributed by atoms with E-state index >= 15 is 0 Å². The zero-order valence-electron chi connectivity index (χ0n) is 17.1. The van der Waals surface area contributed by atoms with E-state index in [-0.39, 0.29) is 25.0 Å². The summed E-state index contributed by atoms with van der Waals surface area (Å²) in [6, 6.07) is 5.56. The molecular formula is C20H21N5O4S2. The molecule has 9 nitrogen and oxygen atoms in total. The van der Waals surface area contributed by atoms with Crippen LogP contribution in [0.5, 0.6) is 5.75 Å². The van der Waals surface area contributed by atoms with Gasteiger partial charge in [0.1, 0.15) is 23.9 Å². The number of thiazole rings is 1. The minimum absolute atomic E-state index is 0.117. The number of carbonyl (C=O) groups excluding carboxylic acids is 2. The van der Waals surface area contributed by atoms with Crippen molar-refractivity contribution in [1.29, 1.82) is 0 Å². The van der Waals surface area contributed by atoms with Crippen molar-refractivity contribution in [3.8, 4) is 17.0 Å². The molecule has 3 heterocycles. The van der Waals surface area contributed by atoms with Gasteiger partial charge in [-0.05, 0) is 31.0 Å². The SMILES string of the molecule is CCCc1nc(-c2ccc3c(c2)N(CC(=O)Nc2nnc(COC)s2)C(=O)CO3)cs1. The lowest BCUT2D eigenvalue weighted by Crippen LogP contribution is -2.43. The summed E-state index contributed by atoms with van der Waals surface area (Å²) in [5.74, 6) is -0.105. The van der Waals surface area contributed by atoms with Crippen molar-refractivity contribution < 1.29 is 19.1 Å². The standard InChI is InChI=1S/C20H21N5O4S2/c1-3-4-17-21-13(11-30-17)12-5-6-15-14(7-12)25(19(27)10-29-15)8-16(26)22-20-24-23-18(31-20)9-28-2/h5-7,11H,3-4,8-10H2,1-2H3,(H,22,24,26). The van der Waals surface area contributed by atoms with Crippen LogP contribution in [0.4, 0.5) is 10.8 Å². The van der Waals surface area contributed by atoms with Crippen molar-refractivity contribution in [3.05, 3.63) is 33.6 Å². The van der Waals surface area contributed by atoms with Crippen LogP contribution in [0.15, 0.2) is 23.6 Å². The van der Waals surface area contributed by atoms with Crippen LogP contribution in [0.1, 0.15) is 23.4 Å². The van der Waals surface area contributed by atoms with Crippen molar-refractivity contribution in [2.24, 2.45) is 0 Å². The van der Waals surface area contributed by atoms with E-state index < -0.39 is 0 Å². The molecule has 11 heteroatoms. The van der Waals surface area contributed by atoms with E-state index in [0.29, 0.717) is 28.2 Å². The first-order valence-electron chi connectivity index (χ1n) is 9.70. The second-order valence-electron chi connectivity index (χ2n) is 6.81. The van der Waals surface area contributed by atoms with Gasteiger partial charge in [-0.2, -0.15) is 0 Å². The number of rotatable bonds is 8. The Morgan fingerprint density at radius 1 is 1.32 bits per heavy atom. The largest absolute Gasteiger partial charge is 0.482 e. The van der Waals surface area contributed by atoms with E-state index in [0.717, 1.165) is 29.1 Å². The molecule has 0 aliphatic carbocycles. The Labute approximate surface area is 187 Å². The molecule has 0 bridgehead atoms. The summed E-state index contributed by atoms with van der Waals surface area (Å²) >= 11 is 2.84. The van der Waals surface area contributed by atoms with Gasteiger partial charge in [-0.3, -0.25) is 19.8 Å². The summed E-state index contributed by atoms with van der Waals surface area (Å²) in [5.41, 5.74) is 2.26. The molecule has 2 amide bonds. The van der Waals surface area contributed by atoms with Gasteiger partial charge in [0, 0.05) is 18.1 Å². The maximum Gasteiger partial charge on any atom is 0.265 e. The number of nitrogens with one attached hydrogen (secondary N) is 1. The van der Waals surface area contributed by atoms with E-state index in [1.807, 2.05) is 23.6 Å². The van der Waals surface area contributed by atoms with Crippen molar-refractivity contribution in [3.63, 3.8) is 0 Å². The molecule has 1 N–H and O–H groups in total. The van der Waals surface area contributed by atoms with Gasteiger partial charge in [0.25, 0.3) is 5.91 Å². The first-order chi connectivity index (χ1) is 15.1. The van der Waals surface area contributed by atoms with Gasteiger partial charge < -0.3 is 9.47 Å². The second-order valence-corrected chi connectivity index (χ2v) is 8.81. The number of nitrogens with zero attached hydrogens (tertiary/aromatic N) is 4. The van der Waals surface area contributed by atoms with Crippen molar-refractivity contribution >= 4 is 45.3 Å². The molecule has 31 heavy (non-hydrogen) atoms. The van der Waals surface area contributed by atoms with E-state index in [1.165, 1.54) is 16.2 Å². The van der Waals surface area contributed by atoms with Gasteiger partial charge in [-0.25, -0.2) is 4.98 Å². The molecule has 0 fully saturated rings. The van der Waals surface area contributed by atoms with Gasteiger partial charge in [-0.1, -0.05) is 18.3 Å². The Hall–Kier alpha value is -2.89. The first-order valence-corrected chi connectivity index (χ1v) is 11.4. The molecule has 0 unspecified atom stereocenters. The number of aromatic nitrogens is 3. The van der Waals surface area contributed by atoms with Crippen molar-refractivity contribution in [1.82, 2.24) is 15.2 Å². The van der Waals surface area contributed by atoms with Gasteiger partial charge >= 0.3 is 0 Å². The predicted molar refractivity (Wildman–Crippen MR) is 119 cm³/mol. The number of fused-ring (bicyclic) bond motifs is 1. The van der Waals surface area contributed by atoms with Gasteiger partial charge in [-0.15, -0.1) is 21.5 Å². The normalized spacial score (nSPS) is 13.1. The molecule has 2 aromatic heterocycles. The van der Waals surface area contributed by atoms with E-state index in [1.54, 1.807) is 18.4 Å². The van der Waals surface area contributed by atoms with Crippen LogP contribution in [-0.4, -0.2) is 47.3 Å². The summed E-state index contributed by atoms with van der Waals surface area (Å²) in [6.45, 7) is 2.16. The molecule has 162 valence electrons. The highest BCUT2D eigenvalue weighted by Crippen LogP contribution is 2.36. The third-order valence-corrected chi connectivity index (χ3v) is 6.22. The van der Waals surface area contributed by atoms with Crippen molar-refractivity contribution in [2.75, 3.05) is 30.5 Å². The molecule has 1 aliphatic heterocycles. The average molecular weight is 460 g/mol. The number of anilines is 2. The third-order valence-electron chi connectivity index (χ3n) is 4.50. The summed E-state index contributed by atoms with van der Waals surface area (Å²) < 4.78 is 10.6. The number of benzene rings is 1. The van der Waals surface area contributed by atoms with Crippen LogP contribution in [-0.2, 0) is 27.4 Å². The lowest BCUT2D eigenvalue weighted by atomic mass is 10.1. The molecule has 0 atom stereocenters. The fourth-order valence-corrected chi connectivity index (χ4v) is 4.73.